The minimum absolute atomic E-state index is 0.0256. The summed E-state index contributed by atoms with van der Waals surface area (Å²) in [4.78, 5) is 47.2. The van der Waals surface area contributed by atoms with Gasteiger partial charge in [-0.1, -0.05) is 11.2 Å². The number of thioether (sulfide) groups is 1. The van der Waals surface area contributed by atoms with Crippen molar-refractivity contribution in [1.82, 2.24) is 23.9 Å². The molecule has 0 bridgehead atoms. The van der Waals surface area contributed by atoms with Crippen molar-refractivity contribution in [3.63, 3.8) is 0 Å². The number of alkyl halides is 1. The summed E-state index contributed by atoms with van der Waals surface area (Å²) in [5.41, 5.74) is 5.23. The number of halogens is 1. The minimum Gasteiger partial charge on any atom is -0.477 e. The Morgan fingerprint density at radius 2 is 2.08 bits per heavy atom. The maximum absolute atomic E-state index is 13.0. The number of nitrogens with one attached hydrogen (secondary N) is 1. The van der Waals surface area contributed by atoms with Gasteiger partial charge in [0, 0.05) is 17.3 Å². The van der Waals surface area contributed by atoms with E-state index in [0.29, 0.717) is 29.7 Å². The van der Waals surface area contributed by atoms with Crippen molar-refractivity contribution in [1.29, 1.82) is 0 Å². The maximum atomic E-state index is 13.0. The number of carbonyl (C=O) groups is 3. The monoisotopic (exact) mass is 621 g/mol. The standard InChI is InChI=1S/C20H25FN8O8S3/c1-29(7-4-27(5-8-29)40(34,35)36)6-2-3-11-9-38-18-13(17(31)28(18)14(11)19(32)33)23-16(30)12(25-37-10-21)15-24-20(22)39-26-15/h2-3,13,18H,4-10H2,1H3,(H4-,22,23,24,26,30,32,33,34,35,36)/p+1/b3-2+,25-12-/t13-,18+/m1/s1. The predicted molar refractivity (Wildman–Crippen MR) is 141 cm³/mol. The number of oxime groups is 1. The van der Waals surface area contributed by atoms with E-state index in [-0.39, 0.29) is 35.5 Å². The van der Waals surface area contributed by atoms with Gasteiger partial charge in [-0.15, -0.1) is 11.8 Å². The van der Waals surface area contributed by atoms with Crippen LogP contribution in [0.4, 0.5) is 9.52 Å². The predicted octanol–water partition coefficient (Wildman–Crippen LogP) is -1.37. The second-order valence-corrected chi connectivity index (χ2v) is 12.5. The second kappa shape index (κ2) is 11.7. The molecule has 2 atom stereocenters. The van der Waals surface area contributed by atoms with Crippen LogP contribution in [0.1, 0.15) is 5.82 Å². The number of piperazine rings is 1. The summed E-state index contributed by atoms with van der Waals surface area (Å²) in [5.74, 6) is -2.89. The number of carboxylic acid groups (broad SMARTS) is 1. The smallest absolute Gasteiger partial charge is 0.352 e. The van der Waals surface area contributed by atoms with Crippen LogP contribution in [0.25, 0.3) is 0 Å². The molecule has 1 aromatic heterocycles. The van der Waals surface area contributed by atoms with E-state index < -0.39 is 52.1 Å². The molecule has 2 saturated heterocycles. The van der Waals surface area contributed by atoms with Gasteiger partial charge in [0.15, 0.2) is 5.13 Å². The van der Waals surface area contributed by atoms with Crippen LogP contribution in [0, 0.1) is 0 Å². The highest BCUT2D eigenvalue weighted by Crippen LogP contribution is 2.40. The topological polar surface area (TPSA) is 218 Å². The maximum Gasteiger partial charge on any atom is 0.352 e. The van der Waals surface area contributed by atoms with Crippen molar-refractivity contribution in [2.45, 2.75) is 11.4 Å². The number of allylic oxidation sites excluding steroid dienone is 1. The van der Waals surface area contributed by atoms with E-state index in [1.165, 1.54) is 11.8 Å². The molecule has 4 rings (SSSR count). The Morgan fingerprint density at radius 1 is 1.38 bits per heavy atom. The van der Waals surface area contributed by atoms with E-state index in [9.17, 15) is 36.9 Å². The lowest BCUT2D eigenvalue weighted by Crippen LogP contribution is -2.71. The van der Waals surface area contributed by atoms with E-state index in [2.05, 4.69) is 24.7 Å². The third-order valence-electron chi connectivity index (χ3n) is 6.53. The number of carboxylic acids is 1. The largest absolute Gasteiger partial charge is 0.477 e. The summed E-state index contributed by atoms with van der Waals surface area (Å²) in [6.07, 6.45) is 3.40. The molecule has 3 aliphatic rings. The SMILES string of the molecule is C[N+]1(C/C=C/C2=C(C(=O)O)N3C(=O)[C@@H](NC(=O)/C(=N\OCF)c4nsc(N)n4)[C@@H]3SC2)CCN(S(=O)(=O)O)CC1. The van der Waals surface area contributed by atoms with Gasteiger partial charge in [0.2, 0.25) is 11.5 Å². The van der Waals surface area contributed by atoms with Crippen LogP contribution in [0.2, 0.25) is 0 Å². The molecular weight excluding hydrogens is 595 g/mol. The Balaban J connectivity index is 1.44. The fraction of sp³-hybridized carbons (Fsp3) is 0.500. The molecule has 0 aliphatic carbocycles. The highest BCUT2D eigenvalue weighted by molar-refractivity contribution is 8.00. The van der Waals surface area contributed by atoms with E-state index in [1.807, 2.05) is 7.05 Å². The molecule has 2 amide bonds. The number of nitrogen functional groups attached to an aromatic ring is 1. The van der Waals surface area contributed by atoms with Gasteiger partial charge in [0.25, 0.3) is 18.7 Å². The van der Waals surface area contributed by atoms with Crippen molar-refractivity contribution < 1.29 is 46.2 Å². The van der Waals surface area contributed by atoms with Crippen LogP contribution in [0.3, 0.4) is 0 Å². The number of β-lactam (4-membered cyclic amide) rings is 1. The highest BCUT2D eigenvalue weighted by Gasteiger charge is 2.54. The molecule has 16 nitrogen and oxygen atoms in total. The highest BCUT2D eigenvalue weighted by atomic mass is 32.2. The Labute approximate surface area is 235 Å². The van der Waals surface area contributed by atoms with Crippen molar-refractivity contribution in [2.75, 3.05) is 58.1 Å². The van der Waals surface area contributed by atoms with Gasteiger partial charge < -0.3 is 25.5 Å². The third-order valence-corrected chi connectivity index (χ3v) is 9.39. The van der Waals surface area contributed by atoms with Gasteiger partial charge >= 0.3 is 16.3 Å². The van der Waals surface area contributed by atoms with Crippen molar-refractivity contribution in [3.05, 3.63) is 29.2 Å². The first-order valence-corrected chi connectivity index (χ1v) is 14.9. The van der Waals surface area contributed by atoms with Gasteiger partial charge in [0.1, 0.15) is 17.1 Å². The molecule has 40 heavy (non-hydrogen) atoms. The van der Waals surface area contributed by atoms with Crippen molar-refractivity contribution >= 4 is 62.2 Å². The van der Waals surface area contributed by atoms with E-state index in [0.717, 1.165) is 20.7 Å². The molecule has 4 heterocycles. The van der Waals surface area contributed by atoms with Gasteiger partial charge in [-0.05, 0) is 11.6 Å². The lowest BCUT2D eigenvalue weighted by molar-refractivity contribution is -0.907. The average molecular weight is 622 g/mol. The van der Waals surface area contributed by atoms with Crippen LogP contribution in [-0.2, 0) is 29.5 Å². The number of nitrogens with two attached hydrogens (primary N) is 1. The van der Waals surface area contributed by atoms with Gasteiger partial charge in [0.05, 0.1) is 39.8 Å². The third kappa shape index (κ3) is 6.25. The zero-order valence-corrected chi connectivity index (χ0v) is 23.4. The lowest BCUT2D eigenvalue weighted by Gasteiger charge is -2.49. The molecule has 0 saturated carbocycles. The summed E-state index contributed by atoms with van der Waals surface area (Å²) < 4.78 is 49.7. The number of nitrogens with zero attached hydrogens (tertiary/aromatic N) is 6. The Morgan fingerprint density at radius 3 is 2.65 bits per heavy atom. The summed E-state index contributed by atoms with van der Waals surface area (Å²) in [6.45, 7) is 0.337. The number of fused-ring (bicyclic) bond motifs is 1. The number of carbonyl (C=O) groups excluding carboxylic acids is 2. The Hall–Kier alpha value is -3.17. The molecule has 2 fully saturated rings. The molecule has 1 aromatic rings. The number of amides is 2. The Kier molecular flexibility index (Phi) is 8.75. The number of rotatable bonds is 10. The molecule has 0 unspecified atom stereocenters. The van der Waals surface area contributed by atoms with Crippen LogP contribution >= 0.6 is 23.3 Å². The zero-order chi connectivity index (χ0) is 29.2. The molecule has 20 heteroatoms. The molecule has 0 spiro atoms. The molecule has 0 aromatic carbocycles. The van der Waals surface area contributed by atoms with Crippen molar-refractivity contribution in [2.24, 2.45) is 5.16 Å². The Bertz CT molecular complexity index is 1390. The minimum atomic E-state index is -4.25. The van der Waals surface area contributed by atoms with Crippen LogP contribution in [0.5, 0.6) is 0 Å². The molecule has 3 aliphatic heterocycles. The molecule has 0 radical (unpaired) electrons. The van der Waals surface area contributed by atoms with Crippen LogP contribution in [-0.4, -0.2) is 128 Å². The molecule has 5 N–H and O–H groups in total. The first-order valence-electron chi connectivity index (χ1n) is 11.6. The number of aliphatic carboxylic acids is 1. The van der Waals surface area contributed by atoms with Crippen LogP contribution in [0.15, 0.2) is 28.6 Å². The lowest BCUT2D eigenvalue weighted by atomic mass is 10.0. The molecular formula is C20H26FN8O8S3+. The van der Waals surface area contributed by atoms with Gasteiger partial charge in [-0.2, -0.15) is 22.1 Å². The molecule has 218 valence electrons. The van der Waals surface area contributed by atoms with Gasteiger partial charge in [-0.25, -0.2) is 9.18 Å². The van der Waals surface area contributed by atoms with E-state index in [4.69, 9.17) is 5.73 Å². The summed E-state index contributed by atoms with van der Waals surface area (Å²) in [7, 11) is -2.33. The number of anilines is 1. The normalized spacial score (nSPS) is 23.6. The number of hydrogen-bond acceptors (Lipinski definition) is 12. The van der Waals surface area contributed by atoms with Crippen molar-refractivity contribution in [3.8, 4) is 0 Å². The summed E-state index contributed by atoms with van der Waals surface area (Å²) in [6, 6.07) is -1.09. The number of hydrogen-bond donors (Lipinski definition) is 4. The van der Waals surface area contributed by atoms with E-state index in [1.54, 1.807) is 12.2 Å². The second-order valence-electron chi connectivity index (χ2n) is 9.20. The zero-order valence-electron chi connectivity index (χ0n) is 21.0. The number of aromatic nitrogens is 2. The first kappa shape index (κ1) is 29.8. The summed E-state index contributed by atoms with van der Waals surface area (Å²) in [5, 5.41) is 15.0. The van der Waals surface area contributed by atoms with Crippen LogP contribution < -0.4 is 11.1 Å². The summed E-state index contributed by atoms with van der Waals surface area (Å²) >= 11 is 2.02. The number of quaternary nitrogens is 1. The first-order chi connectivity index (χ1) is 18.8. The van der Waals surface area contributed by atoms with Gasteiger partial charge in [-0.3, -0.25) is 19.0 Å². The quantitative estimate of drug-likeness (QED) is 0.0782. The fourth-order valence-corrected chi connectivity index (χ4v) is 6.75. The number of likely N-dealkylation sites (N-methyl/N-ethyl adjacent to an activating group) is 1. The average Bonchev–Trinajstić information content (AvgIpc) is 3.32. The van der Waals surface area contributed by atoms with E-state index >= 15 is 0 Å². The fourth-order valence-electron chi connectivity index (χ4n) is 4.38.